The summed E-state index contributed by atoms with van der Waals surface area (Å²) in [6.45, 7) is 6.10. The second kappa shape index (κ2) is 3.72. The number of rotatable bonds is 2. The summed E-state index contributed by atoms with van der Waals surface area (Å²) < 4.78 is 1.32. The van der Waals surface area contributed by atoms with Crippen molar-refractivity contribution in [3.05, 3.63) is 11.8 Å². The third kappa shape index (κ3) is 2.80. The first-order valence-electron chi connectivity index (χ1n) is 4.51. The van der Waals surface area contributed by atoms with Crippen molar-refractivity contribution in [2.24, 2.45) is 11.1 Å². The third-order valence-electron chi connectivity index (χ3n) is 1.68. The largest absolute Gasteiger partial charge is 0.382 e. The molecule has 1 rings (SSSR count). The number of carbonyl (C=O) groups is 1. The van der Waals surface area contributed by atoms with Crippen molar-refractivity contribution in [2.45, 2.75) is 20.8 Å². The van der Waals surface area contributed by atoms with E-state index in [9.17, 15) is 4.79 Å². The molecule has 0 radical (unpaired) electrons. The van der Waals surface area contributed by atoms with Gasteiger partial charge in [-0.2, -0.15) is 0 Å². The van der Waals surface area contributed by atoms with Gasteiger partial charge in [-0.1, -0.05) is 32.1 Å². The summed E-state index contributed by atoms with van der Waals surface area (Å²) in [6.07, 6.45) is 3.57. The van der Waals surface area contributed by atoms with Crippen LogP contribution in [0, 0.1) is 5.41 Å². The molecular weight excluding hydrogens is 194 g/mol. The van der Waals surface area contributed by atoms with Crippen LogP contribution in [0.15, 0.2) is 6.08 Å². The molecule has 0 fully saturated rings. The van der Waals surface area contributed by atoms with E-state index >= 15 is 0 Å². The Morgan fingerprint density at radius 1 is 1.47 bits per heavy atom. The zero-order valence-electron chi connectivity index (χ0n) is 9.06. The second-order valence-corrected chi connectivity index (χ2v) is 4.31. The first-order valence-corrected chi connectivity index (χ1v) is 4.51. The summed E-state index contributed by atoms with van der Waals surface area (Å²) in [5, 5.41) is 7.27. The summed E-state index contributed by atoms with van der Waals surface area (Å²) in [7, 11) is 0. The average molecular weight is 209 g/mol. The van der Waals surface area contributed by atoms with Gasteiger partial charge in [0.25, 0.3) is 5.91 Å². The molecule has 4 N–H and O–H groups in total. The zero-order chi connectivity index (χ0) is 11.6. The smallest absolute Gasteiger partial charge is 0.273 e. The molecule has 1 amide bonds. The van der Waals surface area contributed by atoms with Gasteiger partial charge in [0, 0.05) is 6.20 Å². The SMILES string of the molecule is CC(C)(C)/C=C/n1nnc(C(N)=O)c1N. The van der Waals surface area contributed by atoms with Crippen LogP contribution >= 0.6 is 0 Å². The summed E-state index contributed by atoms with van der Waals surface area (Å²) >= 11 is 0. The van der Waals surface area contributed by atoms with Gasteiger partial charge in [0.15, 0.2) is 11.5 Å². The van der Waals surface area contributed by atoms with E-state index < -0.39 is 5.91 Å². The molecule has 82 valence electrons. The van der Waals surface area contributed by atoms with Gasteiger partial charge in [-0.3, -0.25) is 4.79 Å². The quantitative estimate of drug-likeness (QED) is 0.739. The summed E-state index contributed by atoms with van der Waals surface area (Å²) in [6, 6.07) is 0. The van der Waals surface area contributed by atoms with E-state index in [0.717, 1.165) is 0 Å². The molecule has 0 aliphatic heterocycles. The highest BCUT2D eigenvalue weighted by molar-refractivity contribution is 5.95. The number of nitrogen functional groups attached to an aromatic ring is 1. The Labute approximate surface area is 87.9 Å². The van der Waals surface area contributed by atoms with Crippen molar-refractivity contribution in [3.8, 4) is 0 Å². The third-order valence-corrected chi connectivity index (χ3v) is 1.68. The highest BCUT2D eigenvalue weighted by Crippen LogP contribution is 2.16. The molecule has 0 spiro atoms. The molecule has 0 aliphatic carbocycles. The number of nitrogens with zero attached hydrogens (tertiary/aromatic N) is 3. The molecule has 0 saturated carbocycles. The van der Waals surface area contributed by atoms with Gasteiger partial charge >= 0.3 is 0 Å². The number of aromatic nitrogens is 3. The summed E-state index contributed by atoms with van der Waals surface area (Å²) in [4.78, 5) is 10.8. The molecule has 0 atom stereocenters. The molecule has 0 aliphatic rings. The van der Waals surface area contributed by atoms with Crippen LogP contribution in [0.1, 0.15) is 31.3 Å². The van der Waals surface area contributed by atoms with Crippen molar-refractivity contribution in [2.75, 3.05) is 5.73 Å². The van der Waals surface area contributed by atoms with Gasteiger partial charge in [0.1, 0.15) is 0 Å². The molecule has 6 nitrogen and oxygen atoms in total. The number of amides is 1. The van der Waals surface area contributed by atoms with E-state index in [1.807, 2.05) is 26.8 Å². The van der Waals surface area contributed by atoms with E-state index in [-0.39, 0.29) is 16.9 Å². The fourth-order valence-corrected chi connectivity index (χ4v) is 0.881. The number of carbonyl (C=O) groups excluding carboxylic acids is 1. The lowest BCUT2D eigenvalue weighted by Crippen LogP contribution is -2.14. The van der Waals surface area contributed by atoms with Crippen LogP contribution in [0.2, 0.25) is 0 Å². The lowest BCUT2D eigenvalue weighted by Gasteiger charge is -2.10. The Hall–Kier alpha value is -1.85. The standard InChI is InChI=1S/C9H15N5O/c1-9(2,3)4-5-14-7(10)6(8(11)15)12-13-14/h4-5H,10H2,1-3H3,(H2,11,15)/b5-4+. The Bertz CT molecular complexity index is 399. The fourth-order valence-electron chi connectivity index (χ4n) is 0.881. The van der Waals surface area contributed by atoms with Crippen LogP contribution in [0.4, 0.5) is 5.82 Å². The van der Waals surface area contributed by atoms with E-state index in [4.69, 9.17) is 11.5 Å². The van der Waals surface area contributed by atoms with Crippen molar-refractivity contribution in [1.82, 2.24) is 15.0 Å². The molecule has 0 saturated heterocycles. The Kier molecular flexibility index (Phi) is 2.78. The Morgan fingerprint density at radius 2 is 2.07 bits per heavy atom. The van der Waals surface area contributed by atoms with Gasteiger partial charge < -0.3 is 11.5 Å². The van der Waals surface area contributed by atoms with Crippen molar-refractivity contribution in [3.63, 3.8) is 0 Å². The predicted octanol–water partition coefficient (Wildman–Crippen LogP) is 0.476. The highest BCUT2D eigenvalue weighted by Gasteiger charge is 2.13. The monoisotopic (exact) mass is 209 g/mol. The normalized spacial score (nSPS) is 12.2. The molecule has 6 heteroatoms. The van der Waals surface area contributed by atoms with Gasteiger partial charge in [0.05, 0.1) is 0 Å². The highest BCUT2D eigenvalue weighted by atomic mass is 16.1. The Morgan fingerprint density at radius 3 is 2.47 bits per heavy atom. The van der Waals surface area contributed by atoms with E-state index in [2.05, 4.69) is 10.3 Å². The van der Waals surface area contributed by atoms with Crippen molar-refractivity contribution < 1.29 is 4.79 Å². The van der Waals surface area contributed by atoms with E-state index in [1.165, 1.54) is 4.68 Å². The lowest BCUT2D eigenvalue weighted by atomic mass is 9.97. The number of hydrogen-bond donors (Lipinski definition) is 2. The Balaban J connectivity index is 2.98. The minimum atomic E-state index is -0.678. The molecule has 0 unspecified atom stereocenters. The topological polar surface area (TPSA) is 99.8 Å². The maximum absolute atomic E-state index is 10.8. The van der Waals surface area contributed by atoms with Crippen LogP contribution in [0.25, 0.3) is 6.20 Å². The van der Waals surface area contributed by atoms with Gasteiger partial charge in [-0.25, -0.2) is 4.68 Å². The summed E-state index contributed by atoms with van der Waals surface area (Å²) in [5.41, 5.74) is 10.7. The van der Waals surface area contributed by atoms with Gasteiger partial charge in [-0.05, 0) is 5.41 Å². The molecule has 1 heterocycles. The maximum Gasteiger partial charge on any atom is 0.273 e. The average Bonchev–Trinajstić information content (AvgIpc) is 2.42. The second-order valence-electron chi connectivity index (χ2n) is 4.31. The maximum atomic E-state index is 10.8. The first kappa shape index (κ1) is 11.2. The molecular formula is C9H15N5O. The van der Waals surface area contributed by atoms with Gasteiger partial charge in [0.2, 0.25) is 0 Å². The zero-order valence-corrected chi connectivity index (χ0v) is 9.06. The molecule has 1 aromatic rings. The van der Waals surface area contributed by atoms with Crippen LogP contribution in [0.5, 0.6) is 0 Å². The van der Waals surface area contributed by atoms with Crippen molar-refractivity contribution >= 4 is 17.9 Å². The van der Waals surface area contributed by atoms with Crippen molar-refractivity contribution in [1.29, 1.82) is 0 Å². The number of primary amides is 1. The molecule has 0 aromatic carbocycles. The first-order chi connectivity index (χ1) is 6.81. The number of allylic oxidation sites excluding steroid dienone is 1. The predicted molar refractivity (Wildman–Crippen MR) is 57.7 cm³/mol. The van der Waals surface area contributed by atoms with Gasteiger partial charge in [-0.15, -0.1) is 5.10 Å². The van der Waals surface area contributed by atoms with Crippen LogP contribution in [0.3, 0.4) is 0 Å². The fraction of sp³-hybridized carbons (Fsp3) is 0.444. The molecule has 15 heavy (non-hydrogen) atoms. The van der Waals surface area contributed by atoms with E-state index in [0.29, 0.717) is 0 Å². The summed E-state index contributed by atoms with van der Waals surface area (Å²) in [5.74, 6) is -0.522. The molecule has 0 bridgehead atoms. The minimum Gasteiger partial charge on any atom is -0.382 e. The number of nitrogens with two attached hydrogens (primary N) is 2. The van der Waals surface area contributed by atoms with Crippen LogP contribution in [-0.4, -0.2) is 20.9 Å². The van der Waals surface area contributed by atoms with Crippen LogP contribution < -0.4 is 11.5 Å². The number of anilines is 1. The van der Waals surface area contributed by atoms with E-state index in [1.54, 1.807) is 6.20 Å². The minimum absolute atomic E-state index is 0.00524. The van der Waals surface area contributed by atoms with Crippen LogP contribution in [-0.2, 0) is 0 Å². The number of hydrogen-bond acceptors (Lipinski definition) is 4. The molecule has 1 aromatic heterocycles. The lowest BCUT2D eigenvalue weighted by molar-refractivity contribution is 0.0996.